The SMILES string of the molecule is CCCC1CCN(Cc2ccc(OC)c(N)c2)CC1. The molecule has 1 saturated heterocycles. The van der Waals surface area contributed by atoms with E-state index in [9.17, 15) is 0 Å². The van der Waals surface area contributed by atoms with E-state index >= 15 is 0 Å². The average molecular weight is 262 g/mol. The molecule has 1 aromatic rings. The number of methoxy groups -OCH3 is 1. The monoisotopic (exact) mass is 262 g/mol. The van der Waals surface area contributed by atoms with Gasteiger partial charge in [0.2, 0.25) is 0 Å². The summed E-state index contributed by atoms with van der Waals surface area (Å²) in [5, 5.41) is 0. The van der Waals surface area contributed by atoms with Gasteiger partial charge >= 0.3 is 0 Å². The number of likely N-dealkylation sites (tertiary alicyclic amines) is 1. The molecule has 0 aliphatic carbocycles. The van der Waals surface area contributed by atoms with Gasteiger partial charge < -0.3 is 10.5 Å². The van der Waals surface area contributed by atoms with Crippen LogP contribution in [0.15, 0.2) is 18.2 Å². The van der Waals surface area contributed by atoms with Crippen LogP contribution in [-0.4, -0.2) is 25.1 Å². The van der Waals surface area contributed by atoms with E-state index in [1.54, 1.807) is 7.11 Å². The number of nitrogens with two attached hydrogens (primary N) is 1. The molecule has 106 valence electrons. The Hall–Kier alpha value is -1.22. The lowest BCUT2D eigenvalue weighted by Gasteiger charge is -2.32. The lowest BCUT2D eigenvalue weighted by atomic mass is 9.92. The highest BCUT2D eigenvalue weighted by Crippen LogP contribution is 2.25. The standard InChI is InChI=1S/C16H26N2O/c1-3-4-13-7-9-18(10-8-13)12-14-5-6-16(19-2)15(17)11-14/h5-6,11,13H,3-4,7-10,12,17H2,1-2H3. The number of ether oxygens (including phenoxy) is 1. The van der Waals surface area contributed by atoms with E-state index in [1.165, 1.54) is 44.3 Å². The van der Waals surface area contributed by atoms with Crippen molar-refractivity contribution in [1.82, 2.24) is 4.90 Å². The van der Waals surface area contributed by atoms with Crippen LogP contribution in [0.3, 0.4) is 0 Å². The van der Waals surface area contributed by atoms with Crippen LogP contribution in [0.1, 0.15) is 38.2 Å². The van der Waals surface area contributed by atoms with Gasteiger partial charge in [-0.05, 0) is 49.5 Å². The number of anilines is 1. The normalized spacial score (nSPS) is 17.6. The highest BCUT2D eigenvalue weighted by Gasteiger charge is 2.18. The van der Waals surface area contributed by atoms with Gasteiger partial charge in [0, 0.05) is 6.54 Å². The molecular formula is C16H26N2O. The second kappa shape index (κ2) is 6.80. The van der Waals surface area contributed by atoms with E-state index in [-0.39, 0.29) is 0 Å². The van der Waals surface area contributed by atoms with Crippen molar-refractivity contribution in [2.75, 3.05) is 25.9 Å². The van der Waals surface area contributed by atoms with Gasteiger partial charge in [0.05, 0.1) is 12.8 Å². The first-order valence-electron chi connectivity index (χ1n) is 7.37. The Kier molecular flexibility index (Phi) is 5.08. The number of nitrogen functional groups attached to an aromatic ring is 1. The largest absolute Gasteiger partial charge is 0.495 e. The van der Waals surface area contributed by atoms with Crippen molar-refractivity contribution < 1.29 is 4.74 Å². The summed E-state index contributed by atoms with van der Waals surface area (Å²) in [7, 11) is 1.66. The van der Waals surface area contributed by atoms with Crippen LogP contribution in [0.5, 0.6) is 5.75 Å². The zero-order valence-corrected chi connectivity index (χ0v) is 12.2. The van der Waals surface area contributed by atoms with Crippen LogP contribution in [0, 0.1) is 5.92 Å². The fourth-order valence-electron chi connectivity index (χ4n) is 2.98. The fraction of sp³-hybridized carbons (Fsp3) is 0.625. The molecule has 1 heterocycles. The molecule has 3 heteroatoms. The Morgan fingerprint density at radius 2 is 2.05 bits per heavy atom. The second-order valence-electron chi connectivity index (χ2n) is 5.58. The first-order chi connectivity index (χ1) is 9.22. The van der Waals surface area contributed by atoms with E-state index in [4.69, 9.17) is 10.5 Å². The minimum atomic E-state index is 0.737. The van der Waals surface area contributed by atoms with Gasteiger partial charge in [0.1, 0.15) is 5.75 Å². The number of nitrogens with zero attached hydrogens (tertiary/aromatic N) is 1. The molecule has 1 aliphatic rings. The molecule has 0 atom stereocenters. The fourth-order valence-corrected chi connectivity index (χ4v) is 2.98. The van der Waals surface area contributed by atoms with Crippen molar-refractivity contribution in [3.05, 3.63) is 23.8 Å². The zero-order chi connectivity index (χ0) is 13.7. The van der Waals surface area contributed by atoms with Gasteiger partial charge in [-0.1, -0.05) is 25.8 Å². The first-order valence-corrected chi connectivity index (χ1v) is 7.37. The third kappa shape index (κ3) is 3.87. The molecule has 3 nitrogen and oxygen atoms in total. The van der Waals surface area contributed by atoms with Crippen LogP contribution in [0.25, 0.3) is 0 Å². The van der Waals surface area contributed by atoms with E-state index in [1.807, 2.05) is 12.1 Å². The summed E-state index contributed by atoms with van der Waals surface area (Å²) in [6.45, 7) is 5.73. The maximum atomic E-state index is 5.96. The molecule has 0 saturated carbocycles. The Bertz CT molecular complexity index is 398. The maximum Gasteiger partial charge on any atom is 0.141 e. The molecule has 2 rings (SSSR count). The molecule has 0 radical (unpaired) electrons. The van der Waals surface area contributed by atoms with Gasteiger partial charge in [0.25, 0.3) is 0 Å². The zero-order valence-electron chi connectivity index (χ0n) is 12.2. The van der Waals surface area contributed by atoms with Gasteiger partial charge in [0.15, 0.2) is 0 Å². The van der Waals surface area contributed by atoms with Crippen LogP contribution >= 0.6 is 0 Å². The predicted molar refractivity (Wildman–Crippen MR) is 80.3 cm³/mol. The summed E-state index contributed by atoms with van der Waals surface area (Å²) < 4.78 is 5.19. The topological polar surface area (TPSA) is 38.5 Å². The summed E-state index contributed by atoms with van der Waals surface area (Å²) >= 11 is 0. The van der Waals surface area contributed by atoms with Crippen LogP contribution in [0.4, 0.5) is 5.69 Å². The predicted octanol–water partition coefficient (Wildman–Crippen LogP) is 3.29. The number of hydrogen-bond acceptors (Lipinski definition) is 3. The summed E-state index contributed by atoms with van der Waals surface area (Å²) in [6, 6.07) is 6.12. The van der Waals surface area contributed by atoms with Crippen LogP contribution in [0.2, 0.25) is 0 Å². The van der Waals surface area contributed by atoms with Gasteiger partial charge in [-0.2, -0.15) is 0 Å². The molecule has 1 aromatic carbocycles. The van der Waals surface area contributed by atoms with Crippen molar-refractivity contribution in [3.63, 3.8) is 0 Å². The highest BCUT2D eigenvalue weighted by molar-refractivity contribution is 5.54. The van der Waals surface area contributed by atoms with Crippen LogP contribution in [-0.2, 0) is 6.54 Å². The van der Waals surface area contributed by atoms with E-state index in [2.05, 4.69) is 17.9 Å². The summed E-state index contributed by atoms with van der Waals surface area (Å²) in [6.07, 6.45) is 5.40. The Morgan fingerprint density at radius 3 is 2.63 bits per heavy atom. The number of rotatable bonds is 5. The highest BCUT2D eigenvalue weighted by atomic mass is 16.5. The molecule has 1 fully saturated rings. The third-order valence-electron chi connectivity index (χ3n) is 4.10. The number of hydrogen-bond donors (Lipinski definition) is 1. The Balaban J connectivity index is 1.87. The second-order valence-corrected chi connectivity index (χ2v) is 5.58. The van der Waals surface area contributed by atoms with Crippen molar-refractivity contribution in [1.29, 1.82) is 0 Å². The van der Waals surface area contributed by atoms with Crippen molar-refractivity contribution >= 4 is 5.69 Å². The minimum absolute atomic E-state index is 0.737. The first kappa shape index (κ1) is 14.2. The molecule has 1 aliphatic heterocycles. The third-order valence-corrected chi connectivity index (χ3v) is 4.10. The molecule has 0 spiro atoms. The summed E-state index contributed by atoms with van der Waals surface area (Å²) in [5.41, 5.74) is 7.98. The molecule has 0 amide bonds. The van der Waals surface area contributed by atoms with Crippen molar-refractivity contribution in [2.24, 2.45) is 5.92 Å². The Labute approximate surface area is 116 Å². The van der Waals surface area contributed by atoms with E-state index in [0.29, 0.717) is 0 Å². The minimum Gasteiger partial charge on any atom is -0.495 e. The maximum absolute atomic E-state index is 5.96. The van der Waals surface area contributed by atoms with Gasteiger partial charge in [-0.15, -0.1) is 0 Å². The number of benzene rings is 1. The van der Waals surface area contributed by atoms with Crippen molar-refractivity contribution in [2.45, 2.75) is 39.2 Å². The molecule has 19 heavy (non-hydrogen) atoms. The average Bonchev–Trinajstić information content (AvgIpc) is 2.42. The Morgan fingerprint density at radius 1 is 1.32 bits per heavy atom. The van der Waals surface area contributed by atoms with Crippen LogP contribution < -0.4 is 10.5 Å². The lowest BCUT2D eigenvalue weighted by molar-refractivity contribution is 0.172. The molecule has 2 N–H and O–H groups in total. The smallest absolute Gasteiger partial charge is 0.141 e. The van der Waals surface area contributed by atoms with E-state index in [0.717, 1.165) is 23.9 Å². The molecule has 0 unspecified atom stereocenters. The van der Waals surface area contributed by atoms with Gasteiger partial charge in [-0.25, -0.2) is 0 Å². The summed E-state index contributed by atoms with van der Waals surface area (Å²) in [4.78, 5) is 2.54. The van der Waals surface area contributed by atoms with Gasteiger partial charge in [-0.3, -0.25) is 4.90 Å². The molecule has 0 aromatic heterocycles. The molecular weight excluding hydrogens is 236 g/mol. The quantitative estimate of drug-likeness (QED) is 0.828. The van der Waals surface area contributed by atoms with Crippen molar-refractivity contribution in [3.8, 4) is 5.75 Å². The lowest BCUT2D eigenvalue weighted by Crippen LogP contribution is -2.33. The molecule has 0 bridgehead atoms. The van der Waals surface area contributed by atoms with E-state index < -0.39 is 0 Å². The summed E-state index contributed by atoms with van der Waals surface area (Å²) in [5.74, 6) is 1.72. The number of piperidine rings is 1.